The molecule has 248 valence electrons. The number of halogens is 5. The summed E-state index contributed by atoms with van der Waals surface area (Å²) in [4.78, 5) is 31.0. The van der Waals surface area contributed by atoms with Crippen LogP contribution in [0.5, 0.6) is 5.75 Å². The summed E-state index contributed by atoms with van der Waals surface area (Å²) in [5.41, 5.74) is 2.99. The van der Waals surface area contributed by atoms with Gasteiger partial charge in [-0.25, -0.2) is 13.3 Å². The fourth-order valence-corrected chi connectivity index (χ4v) is 5.05. The van der Waals surface area contributed by atoms with E-state index in [0.717, 1.165) is 17.2 Å². The second kappa shape index (κ2) is 13.3. The topological polar surface area (TPSA) is 121 Å². The molecule has 15 heteroatoms. The molecule has 3 aromatic carbocycles. The summed E-state index contributed by atoms with van der Waals surface area (Å²) in [7, 11) is 0. The Morgan fingerprint density at radius 1 is 0.979 bits per heavy atom. The summed E-state index contributed by atoms with van der Waals surface area (Å²) in [5, 5.41) is 19.7. The molecule has 2 aromatic heterocycles. The molecule has 3 heterocycles. The number of hydrogen-bond acceptors (Lipinski definition) is 7. The number of aromatic nitrogens is 3. The molecule has 0 aliphatic carbocycles. The Labute approximate surface area is 269 Å². The predicted octanol–water partition coefficient (Wildman–Crippen LogP) is 5.73. The summed E-state index contributed by atoms with van der Waals surface area (Å²) in [6.45, 7) is -2.24. The fourth-order valence-electron chi connectivity index (χ4n) is 5.05. The van der Waals surface area contributed by atoms with Gasteiger partial charge in [0.2, 0.25) is 11.9 Å². The number of nitrogens with zero attached hydrogens (tertiary/aromatic N) is 4. The molecular weight excluding hydrogens is 639 g/mol. The van der Waals surface area contributed by atoms with Crippen LogP contribution in [0, 0.1) is 5.82 Å². The first-order valence-corrected chi connectivity index (χ1v) is 14.6. The van der Waals surface area contributed by atoms with Crippen molar-refractivity contribution in [3.63, 3.8) is 0 Å². The molecule has 1 unspecified atom stereocenters. The normalized spacial score (nSPS) is 14.0. The van der Waals surface area contributed by atoms with Gasteiger partial charge in [0, 0.05) is 23.0 Å². The number of nitrogens with one attached hydrogen (secondary N) is 2. The first kappa shape index (κ1) is 32.4. The van der Waals surface area contributed by atoms with Gasteiger partial charge in [0.15, 0.2) is 12.3 Å². The lowest BCUT2D eigenvalue weighted by Crippen LogP contribution is -2.51. The summed E-state index contributed by atoms with van der Waals surface area (Å²) in [6, 6.07) is 19.6. The lowest BCUT2D eigenvalue weighted by Gasteiger charge is -2.34. The lowest BCUT2D eigenvalue weighted by molar-refractivity contribution is -0.153. The van der Waals surface area contributed by atoms with Crippen LogP contribution in [0.15, 0.2) is 85.1 Å². The second-order valence-electron chi connectivity index (χ2n) is 11.1. The van der Waals surface area contributed by atoms with Crippen LogP contribution in [0.4, 0.5) is 39.3 Å². The number of aliphatic hydroxyl groups excluding tert-OH is 1. The van der Waals surface area contributed by atoms with Crippen molar-refractivity contribution < 1.29 is 41.4 Å². The van der Waals surface area contributed by atoms with Gasteiger partial charge in [-0.15, -0.1) is 5.10 Å². The van der Waals surface area contributed by atoms with Gasteiger partial charge in [0.1, 0.15) is 17.7 Å². The zero-order valence-electron chi connectivity index (χ0n) is 24.9. The average molecular weight is 667 g/mol. The summed E-state index contributed by atoms with van der Waals surface area (Å²) in [6.07, 6.45) is -4.08. The van der Waals surface area contributed by atoms with Crippen LogP contribution < -0.4 is 15.4 Å². The number of hydrogen-bond donors (Lipinski definition) is 3. The number of rotatable bonds is 10. The van der Waals surface area contributed by atoms with Crippen LogP contribution in [-0.2, 0) is 4.79 Å². The molecule has 6 rings (SSSR count). The Kier molecular flexibility index (Phi) is 8.95. The highest BCUT2D eigenvalue weighted by Crippen LogP contribution is 2.32. The van der Waals surface area contributed by atoms with Crippen molar-refractivity contribution in [3.05, 3.63) is 102 Å². The smallest absolute Gasteiger partial charge is 0.422 e. The molecule has 48 heavy (non-hydrogen) atoms. The maximum Gasteiger partial charge on any atom is 0.422 e. The molecule has 2 amide bonds. The van der Waals surface area contributed by atoms with E-state index in [1.165, 1.54) is 45.8 Å². The number of ether oxygens (including phenoxy) is 1. The highest BCUT2D eigenvalue weighted by Gasteiger charge is 2.32. The third kappa shape index (κ3) is 7.36. The molecule has 1 aliphatic rings. The molecule has 5 aromatic rings. The van der Waals surface area contributed by atoms with Gasteiger partial charge in [-0.3, -0.25) is 9.59 Å². The number of carbonyl (C=O) groups excluding carboxylic acids is 2. The van der Waals surface area contributed by atoms with Crippen LogP contribution in [0.25, 0.3) is 16.8 Å². The van der Waals surface area contributed by atoms with Gasteiger partial charge in [-0.05, 0) is 65.7 Å². The van der Waals surface area contributed by atoms with Crippen molar-refractivity contribution in [2.45, 2.75) is 18.3 Å². The molecule has 0 bridgehead atoms. The molecule has 0 radical (unpaired) electrons. The van der Waals surface area contributed by atoms with E-state index in [9.17, 15) is 36.6 Å². The van der Waals surface area contributed by atoms with E-state index in [1.807, 2.05) is 0 Å². The molecule has 1 saturated heterocycles. The number of fused-ring (bicyclic) bond motifs is 1. The van der Waals surface area contributed by atoms with Crippen molar-refractivity contribution in [1.29, 1.82) is 0 Å². The van der Waals surface area contributed by atoms with Gasteiger partial charge < -0.3 is 25.4 Å². The predicted molar refractivity (Wildman–Crippen MR) is 165 cm³/mol. The fraction of sp³-hybridized carbons (Fsp3) is 0.212. The van der Waals surface area contributed by atoms with Gasteiger partial charge >= 0.3 is 6.18 Å². The van der Waals surface area contributed by atoms with Crippen molar-refractivity contribution >= 4 is 34.8 Å². The van der Waals surface area contributed by atoms with Crippen molar-refractivity contribution in [3.8, 4) is 16.9 Å². The number of benzene rings is 3. The molecule has 0 saturated carbocycles. The molecule has 0 spiro atoms. The van der Waals surface area contributed by atoms with E-state index >= 15 is 0 Å². The SMILES string of the molecule is O=C(Nc1ccc(-c2ccc3nc(Nc4ccc(C(=O)N5CC(F)C5)cc4OCC(F)(F)F)nn3c2)cc1)C(CO)c1ccc(F)cc1. The number of carbonyl (C=O) groups is 2. The lowest BCUT2D eigenvalue weighted by atomic mass is 9.99. The van der Waals surface area contributed by atoms with Crippen LogP contribution in [0.3, 0.4) is 0 Å². The highest BCUT2D eigenvalue weighted by molar-refractivity contribution is 5.96. The maximum atomic E-state index is 13.3. The van der Waals surface area contributed by atoms with E-state index in [0.29, 0.717) is 16.9 Å². The second-order valence-corrected chi connectivity index (χ2v) is 11.1. The standard InChI is InChI=1S/C33H27F5N6O4/c34-23-7-1-20(2-8-23)26(17-45)30(46)39-25-9-3-19(4-10-25)22-6-12-29-41-32(42-44(29)14-22)40-27-11-5-21(31(47)43-15-24(35)16-43)13-28(27)48-18-33(36,37)38/h1-14,24,26,45H,15-18H2,(H,39,46)(H,40,42). The number of aliphatic hydroxyl groups is 1. The minimum absolute atomic E-state index is 0.0451. The minimum atomic E-state index is -4.64. The Balaban J connectivity index is 1.17. The number of alkyl halides is 4. The van der Waals surface area contributed by atoms with E-state index in [1.54, 1.807) is 42.6 Å². The number of pyridine rings is 1. The van der Waals surface area contributed by atoms with E-state index in [2.05, 4.69) is 20.7 Å². The van der Waals surface area contributed by atoms with Crippen LogP contribution in [0.2, 0.25) is 0 Å². The first-order valence-electron chi connectivity index (χ1n) is 14.6. The molecule has 1 atom stereocenters. The van der Waals surface area contributed by atoms with Gasteiger partial charge in [0.25, 0.3) is 5.91 Å². The largest absolute Gasteiger partial charge is 0.482 e. The van der Waals surface area contributed by atoms with Gasteiger partial charge in [0.05, 0.1) is 31.3 Å². The van der Waals surface area contributed by atoms with E-state index < -0.39 is 49.1 Å². The Hall–Kier alpha value is -5.57. The van der Waals surface area contributed by atoms with Crippen molar-refractivity contribution in [2.24, 2.45) is 0 Å². The quantitative estimate of drug-likeness (QED) is 0.163. The Bertz CT molecular complexity index is 1940. The number of anilines is 3. The highest BCUT2D eigenvalue weighted by atomic mass is 19.4. The third-order valence-electron chi connectivity index (χ3n) is 7.58. The number of amides is 2. The first-order chi connectivity index (χ1) is 23.0. The van der Waals surface area contributed by atoms with Crippen molar-refractivity contribution in [1.82, 2.24) is 19.5 Å². The summed E-state index contributed by atoms with van der Waals surface area (Å²) >= 11 is 0. The monoisotopic (exact) mass is 666 g/mol. The summed E-state index contributed by atoms with van der Waals surface area (Å²) < 4.78 is 71.9. The maximum absolute atomic E-state index is 13.3. The molecule has 1 aliphatic heterocycles. The Morgan fingerprint density at radius 3 is 2.35 bits per heavy atom. The zero-order valence-corrected chi connectivity index (χ0v) is 24.9. The zero-order chi connectivity index (χ0) is 34.0. The molecule has 1 fully saturated rings. The van der Waals surface area contributed by atoms with Crippen molar-refractivity contribution in [2.75, 3.05) is 36.9 Å². The molecule has 3 N–H and O–H groups in total. The van der Waals surface area contributed by atoms with Crippen LogP contribution in [0.1, 0.15) is 21.8 Å². The number of likely N-dealkylation sites (tertiary alicyclic amines) is 1. The Morgan fingerprint density at radius 2 is 1.69 bits per heavy atom. The van der Waals surface area contributed by atoms with Gasteiger partial charge in [-0.2, -0.15) is 18.2 Å². The average Bonchev–Trinajstić information content (AvgIpc) is 3.45. The third-order valence-corrected chi connectivity index (χ3v) is 7.58. The van der Waals surface area contributed by atoms with E-state index in [4.69, 9.17) is 4.74 Å². The molecular formula is C33H27F5N6O4. The molecule has 10 nitrogen and oxygen atoms in total. The van der Waals surface area contributed by atoms with E-state index in [-0.39, 0.29) is 36.0 Å². The minimum Gasteiger partial charge on any atom is -0.482 e. The summed E-state index contributed by atoms with van der Waals surface area (Å²) in [5.74, 6) is -2.53. The van der Waals surface area contributed by atoms with Gasteiger partial charge in [-0.1, -0.05) is 24.3 Å². The van der Waals surface area contributed by atoms with Crippen LogP contribution in [-0.4, -0.2) is 75.1 Å². The van der Waals surface area contributed by atoms with Crippen LogP contribution >= 0.6 is 0 Å².